The summed E-state index contributed by atoms with van der Waals surface area (Å²) in [6.07, 6.45) is 0. The lowest BCUT2D eigenvalue weighted by Crippen LogP contribution is -2.43. The van der Waals surface area contributed by atoms with Crippen LogP contribution >= 0.6 is 0 Å². The highest BCUT2D eigenvalue weighted by Gasteiger charge is 2.50. The van der Waals surface area contributed by atoms with Crippen molar-refractivity contribution in [1.82, 2.24) is 0 Å². The minimum atomic E-state index is -0.741. The van der Waals surface area contributed by atoms with Gasteiger partial charge in [0.2, 0.25) is 0 Å². The van der Waals surface area contributed by atoms with Crippen molar-refractivity contribution in [3.8, 4) is 11.5 Å². The van der Waals surface area contributed by atoms with E-state index in [0.717, 1.165) is 16.7 Å². The van der Waals surface area contributed by atoms with Gasteiger partial charge in [0.15, 0.2) is 0 Å². The minimum Gasteiger partial charge on any atom is -0.508 e. The molecule has 0 unspecified atom stereocenters. The zero-order valence-electron chi connectivity index (χ0n) is 34.3. The van der Waals surface area contributed by atoms with Crippen LogP contribution in [0.3, 0.4) is 0 Å². The van der Waals surface area contributed by atoms with Crippen LogP contribution in [0.25, 0.3) is 21.5 Å². The van der Waals surface area contributed by atoms with Gasteiger partial charge in [0.05, 0.1) is 5.41 Å². The zero-order chi connectivity index (χ0) is 39.6. The van der Waals surface area contributed by atoms with E-state index in [4.69, 9.17) is 0 Å². The third-order valence-electron chi connectivity index (χ3n) is 12.5. The molecule has 0 aliphatic rings. The second kappa shape index (κ2) is 13.4. The molecule has 7 aromatic carbocycles. The van der Waals surface area contributed by atoms with Crippen molar-refractivity contribution in [2.24, 2.45) is 5.41 Å². The molecule has 0 saturated heterocycles. The summed E-state index contributed by atoms with van der Waals surface area (Å²) in [6, 6.07) is 51.9. The van der Waals surface area contributed by atoms with E-state index in [1.165, 1.54) is 49.4 Å². The molecule has 0 bridgehead atoms. The lowest BCUT2D eigenvalue weighted by atomic mass is 9.54. The van der Waals surface area contributed by atoms with Gasteiger partial charge in [0.1, 0.15) is 11.5 Å². The topological polar surface area (TPSA) is 40.5 Å². The molecule has 0 aliphatic carbocycles. The Bertz CT molecular complexity index is 2430. The molecule has 0 spiro atoms. The molecule has 0 fully saturated rings. The maximum atomic E-state index is 12.2. The Morgan fingerprint density at radius 1 is 0.345 bits per heavy atom. The summed E-state index contributed by atoms with van der Waals surface area (Å²) in [4.78, 5) is 0. The van der Waals surface area contributed by atoms with E-state index in [0.29, 0.717) is 5.75 Å². The maximum Gasteiger partial charge on any atom is 0.120 e. The number of phenolic OH excluding ortho intramolecular Hbond substituents is 2. The highest BCUT2D eigenvalue weighted by molar-refractivity contribution is 5.93. The van der Waals surface area contributed by atoms with Gasteiger partial charge in [0, 0.05) is 16.4 Å². The Labute approximate surface area is 328 Å². The number of benzene rings is 7. The van der Waals surface area contributed by atoms with Gasteiger partial charge in [-0.2, -0.15) is 0 Å². The van der Waals surface area contributed by atoms with E-state index in [1.807, 2.05) is 18.2 Å². The molecule has 0 amide bonds. The summed E-state index contributed by atoms with van der Waals surface area (Å²) < 4.78 is 0. The molecule has 0 saturated carbocycles. The molecular weight excluding hydrogens is 669 g/mol. The van der Waals surface area contributed by atoms with Gasteiger partial charge in [-0.3, -0.25) is 0 Å². The van der Waals surface area contributed by atoms with Crippen molar-refractivity contribution in [1.29, 1.82) is 0 Å². The lowest BCUT2D eigenvalue weighted by Gasteiger charge is -2.48. The van der Waals surface area contributed by atoms with E-state index < -0.39 is 5.41 Å². The first-order valence-corrected chi connectivity index (χ1v) is 19.6. The smallest absolute Gasteiger partial charge is 0.120 e. The number of hydrogen-bond donors (Lipinski definition) is 2. The van der Waals surface area contributed by atoms with Gasteiger partial charge in [0.25, 0.3) is 0 Å². The van der Waals surface area contributed by atoms with Crippen molar-refractivity contribution in [2.45, 2.75) is 90.9 Å². The lowest BCUT2D eigenvalue weighted by molar-refractivity contribution is 0.268. The van der Waals surface area contributed by atoms with Crippen LogP contribution in [0.1, 0.15) is 114 Å². The quantitative estimate of drug-likeness (QED) is 0.161. The molecule has 0 radical (unpaired) electrons. The molecule has 280 valence electrons. The highest BCUT2D eigenvalue weighted by Crippen LogP contribution is 2.57. The Balaban J connectivity index is 1.42. The van der Waals surface area contributed by atoms with Gasteiger partial charge in [-0.05, 0) is 89.5 Å². The Hall–Kier alpha value is -5.34. The third-order valence-corrected chi connectivity index (χ3v) is 12.5. The van der Waals surface area contributed by atoms with Crippen LogP contribution in [0.4, 0.5) is 0 Å². The first-order valence-electron chi connectivity index (χ1n) is 19.6. The third kappa shape index (κ3) is 6.30. The predicted molar refractivity (Wildman–Crippen MR) is 233 cm³/mol. The fraction of sp³-hybridized carbons (Fsp3) is 0.283. The van der Waals surface area contributed by atoms with Crippen LogP contribution in [-0.4, -0.2) is 10.2 Å². The largest absolute Gasteiger partial charge is 0.508 e. The molecule has 7 aromatic rings. The maximum absolute atomic E-state index is 12.2. The van der Waals surface area contributed by atoms with E-state index >= 15 is 0 Å². The van der Waals surface area contributed by atoms with E-state index in [1.54, 1.807) is 0 Å². The molecule has 0 aliphatic heterocycles. The van der Waals surface area contributed by atoms with E-state index in [2.05, 4.69) is 197 Å². The van der Waals surface area contributed by atoms with Crippen LogP contribution in [-0.2, 0) is 21.7 Å². The van der Waals surface area contributed by atoms with Gasteiger partial charge in [-0.15, -0.1) is 0 Å². The summed E-state index contributed by atoms with van der Waals surface area (Å²) in [6.45, 7) is 22.4. The fourth-order valence-corrected chi connectivity index (χ4v) is 9.14. The molecule has 55 heavy (non-hydrogen) atoms. The van der Waals surface area contributed by atoms with Gasteiger partial charge < -0.3 is 10.2 Å². The van der Waals surface area contributed by atoms with Crippen molar-refractivity contribution in [2.75, 3.05) is 0 Å². The van der Waals surface area contributed by atoms with Crippen molar-refractivity contribution in [3.05, 3.63) is 190 Å². The number of hydrogen-bond acceptors (Lipinski definition) is 2. The monoisotopic (exact) mass is 724 g/mol. The Morgan fingerprint density at radius 2 is 0.709 bits per heavy atom. The Kier molecular flexibility index (Phi) is 9.28. The molecule has 0 heterocycles. The molecule has 7 rings (SSSR count). The van der Waals surface area contributed by atoms with Crippen molar-refractivity contribution < 1.29 is 10.2 Å². The average molecular weight is 725 g/mol. The van der Waals surface area contributed by atoms with Crippen LogP contribution < -0.4 is 0 Å². The normalized spacial score (nSPS) is 13.1. The summed E-state index contributed by atoms with van der Waals surface area (Å²) in [5.74, 6) is 0.629. The summed E-state index contributed by atoms with van der Waals surface area (Å²) >= 11 is 0. The summed E-state index contributed by atoms with van der Waals surface area (Å²) in [5, 5.41) is 27.6. The molecule has 0 aromatic heterocycles. The minimum absolute atomic E-state index is 0.168. The first kappa shape index (κ1) is 38.0. The SMILES string of the molecule is CC(C)(C)c1cc(C(C)(C)c2ccc(C(C)(C)c3ccc(O)c(C(c4cccc5ccccc45)(c4cccc5ccccc45)C(C)(C)C)c3)cc2)ccc1O. The van der Waals surface area contributed by atoms with E-state index in [-0.39, 0.29) is 27.4 Å². The molecular formula is C53H56O2. The molecule has 2 heteroatoms. The van der Waals surface area contributed by atoms with Gasteiger partial charge >= 0.3 is 0 Å². The standard InChI is InChI=1S/C53H56O2/c1-49(2,3)45-33-39(29-31-47(45)54)51(7,8)37-25-27-38(28-26-37)52(9,10)40-30-32-48(55)46(34-40)53(50(4,5)6,43-23-15-19-35-17-11-13-21-41(35)43)44-24-16-20-36-18-12-14-22-42(36)44/h11-34,54-55H,1-10H3. The van der Waals surface area contributed by atoms with Crippen molar-refractivity contribution in [3.63, 3.8) is 0 Å². The number of aromatic hydroxyl groups is 2. The van der Waals surface area contributed by atoms with E-state index in [9.17, 15) is 10.2 Å². The zero-order valence-corrected chi connectivity index (χ0v) is 34.3. The molecule has 2 nitrogen and oxygen atoms in total. The number of phenols is 2. The second-order valence-corrected chi connectivity index (χ2v) is 18.6. The van der Waals surface area contributed by atoms with Crippen LogP contribution in [0.2, 0.25) is 0 Å². The van der Waals surface area contributed by atoms with Crippen LogP contribution in [0, 0.1) is 5.41 Å². The van der Waals surface area contributed by atoms with Crippen LogP contribution in [0.15, 0.2) is 146 Å². The molecule has 0 atom stereocenters. The fourth-order valence-electron chi connectivity index (χ4n) is 9.14. The average Bonchev–Trinajstić information content (AvgIpc) is 3.15. The first-order chi connectivity index (χ1) is 25.9. The molecule has 2 N–H and O–H groups in total. The number of rotatable bonds is 7. The van der Waals surface area contributed by atoms with Gasteiger partial charge in [-0.25, -0.2) is 0 Å². The summed E-state index contributed by atoms with van der Waals surface area (Å²) in [5.41, 5.74) is 6.98. The van der Waals surface area contributed by atoms with Crippen molar-refractivity contribution >= 4 is 21.5 Å². The highest BCUT2D eigenvalue weighted by atomic mass is 16.3. The predicted octanol–water partition coefficient (Wildman–Crippen LogP) is 13.7. The van der Waals surface area contributed by atoms with Gasteiger partial charge in [-0.1, -0.05) is 197 Å². The number of fused-ring (bicyclic) bond motifs is 2. The Morgan fingerprint density at radius 3 is 1.13 bits per heavy atom. The van der Waals surface area contributed by atoms with Crippen LogP contribution in [0.5, 0.6) is 11.5 Å². The second-order valence-electron chi connectivity index (χ2n) is 18.6. The summed E-state index contributed by atoms with van der Waals surface area (Å²) in [7, 11) is 0.